The summed E-state index contributed by atoms with van der Waals surface area (Å²) in [5.74, 6) is 2.46. The van der Waals surface area contributed by atoms with E-state index in [2.05, 4.69) is 25.8 Å². The highest BCUT2D eigenvalue weighted by Gasteiger charge is 2.09. The molecule has 0 saturated heterocycles. The highest BCUT2D eigenvalue weighted by atomic mass is 16.5. The molecule has 0 bridgehead atoms. The van der Waals surface area contributed by atoms with Crippen molar-refractivity contribution in [1.82, 2.24) is 20.8 Å². The number of nitrogens with zero attached hydrogens (tertiary/aromatic N) is 3. The van der Waals surface area contributed by atoms with Gasteiger partial charge in [-0.25, -0.2) is 0 Å². The van der Waals surface area contributed by atoms with Crippen molar-refractivity contribution in [2.45, 2.75) is 39.5 Å². The maximum Gasteiger partial charge on any atom is 0.228 e. The molecule has 0 unspecified atom stereocenters. The molecule has 0 saturated carbocycles. The van der Waals surface area contributed by atoms with Gasteiger partial charge in [0.05, 0.1) is 13.2 Å². The Morgan fingerprint density at radius 1 is 1.25 bits per heavy atom. The quantitative estimate of drug-likeness (QED) is 0.337. The van der Waals surface area contributed by atoms with Crippen LogP contribution in [-0.4, -0.2) is 62.7 Å². The molecule has 1 aromatic rings. The number of aliphatic imine (C=N–C) groups is 1. The maximum atomic E-state index is 5.41. The lowest BCUT2D eigenvalue weighted by Crippen LogP contribution is -2.38. The molecule has 24 heavy (non-hydrogen) atoms. The lowest BCUT2D eigenvalue weighted by molar-refractivity contribution is 0.0702. The summed E-state index contributed by atoms with van der Waals surface area (Å²) in [6, 6.07) is 0. The lowest BCUT2D eigenvalue weighted by Gasteiger charge is -2.10. The molecule has 0 aromatic carbocycles. The van der Waals surface area contributed by atoms with Crippen LogP contribution in [0, 0.1) is 0 Å². The van der Waals surface area contributed by atoms with Crippen molar-refractivity contribution in [2.24, 2.45) is 4.99 Å². The molecule has 0 aliphatic carbocycles. The lowest BCUT2D eigenvalue weighted by atomic mass is 10.2. The van der Waals surface area contributed by atoms with Gasteiger partial charge >= 0.3 is 0 Å². The second-order valence-electron chi connectivity index (χ2n) is 5.60. The largest absolute Gasteiger partial charge is 0.382 e. The van der Waals surface area contributed by atoms with E-state index in [0.29, 0.717) is 45.2 Å². The number of hydrogen-bond acceptors (Lipinski definition) is 6. The van der Waals surface area contributed by atoms with Crippen molar-refractivity contribution in [2.75, 3.05) is 46.6 Å². The van der Waals surface area contributed by atoms with Crippen LogP contribution in [0.2, 0.25) is 0 Å². The maximum absolute atomic E-state index is 5.41. The first-order chi connectivity index (χ1) is 11.7. The fraction of sp³-hybridized carbons (Fsp3) is 0.812. The molecule has 2 N–H and O–H groups in total. The van der Waals surface area contributed by atoms with Crippen molar-refractivity contribution in [3.8, 4) is 0 Å². The molecule has 0 amide bonds. The van der Waals surface area contributed by atoms with E-state index in [0.717, 1.165) is 24.7 Å². The number of ether oxygens (including phenoxy) is 2. The van der Waals surface area contributed by atoms with Crippen LogP contribution in [0.3, 0.4) is 0 Å². The average Bonchev–Trinajstić information content (AvgIpc) is 3.03. The summed E-state index contributed by atoms with van der Waals surface area (Å²) >= 11 is 0. The van der Waals surface area contributed by atoms with Gasteiger partial charge in [0.1, 0.15) is 0 Å². The highest BCUT2D eigenvalue weighted by molar-refractivity contribution is 5.79. The highest BCUT2D eigenvalue weighted by Crippen LogP contribution is 2.09. The molecule has 8 heteroatoms. The second-order valence-corrected chi connectivity index (χ2v) is 5.60. The Kier molecular flexibility index (Phi) is 10.8. The molecular formula is C16H31N5O3. The second kappa shape index (κ2) is 12.7. The van der Waals surface area contributed by atoms with Crippen molar-refractivity contribution in [3.05, 3.63) is 11.7 Å². The molecule has 1 aromatic heterocycles. The zero-order valence-corrected chi connectivity index (χ0v) is 15.3. The topological polar surface area (TPSA) is 93.8 Å². The van der Waals surface area contributed by atoms with Crippen LogP contribution in [-0.2, 0) is 15.9 Å². The number of guanidine groups is 1. The molecule has 138 valence electrons. The van der Waals surface area contributed by atoms with E-state index in [1.54, 1.807) is 7.11 Å². The Morgan fingerprint density at radius 3 is 2.75 bits per heavy atom. The van der Waals surface area contributed by atoms with Crippen molar-refractivity contribution in [3.63, 3.8) is 0 Å². The Bertz CT molecular complexity index is 462. The molecule has 1 rings (SSSR count). The van der Waals surface area contributed by atoms with Gasteiger partial charge < -0.3 is 24.6 Å². The van der Waals surface area contributed by atoms with E-state index in [9.17, 15) is 0 Å². The zero-order valence-electron chi connectivity index (χ0n) is 15.3. The summed E-state index contributed by atoms with van der Waals surface area (Å²) in [5.41, 5.74) is 0. The summed E-state index contributed by atoms with van der Waals surface area (Å²) in [4.78, 5) is 8.87. The number of nitrogens with one attached hydrogen (secondary N) is 2. The third kappa shape index (κ3) is 8.83. The number of hydrogen-bond donors (Lipinski definition) is 2. The summed E-state index contributed by atoms with van der Waals surface area (Å²) in [6.07, 6.45) is 1.55. The SMILES string of the molecule is CCNC(=NCCCOCCOC)NCCc1nc(C(C)C)no1. The van der Waals surface area contributed by atoms with E-state index in [1.165, 1.54) is 0 Å². The molecular weight excluding hydrogens is 310 g/mol. The molecule has 0 radical (unpaired) electrons. The Morgan fingerprint density at radius 2 is 2.08 bits per heavy atom. The molecule has 0 aliphatic heterocycles. The van der Waals surface area contributed by atoms with E-state index in [1.807, 2.05) is 20.8 Å². The summed E-state index contributed by atoms with van der Waals surface area (Å²) in [6.45, 7) is 10.3. The molecule has 0 spiro atoms. The summed E-state index contributed by atoms with van der Waals surface area (Å²) in [7, 11) is 1.67. The Labute approximate surface area is 144 Å². The first-order valence-electron chi connectivity index (χ1n) is 8.58. The van der Waals surface area contributed by atoms with E-state index in [-0.39, 0.29) is 5.92 Å². The van der Waals surface area contributed by atoms with Gasteiger partial charge in [-0.05, 0) is 13.3 Å². The van der Waals surface area contributed by atoms with Crippen LogP contribution in [0.1, 0.15) is 44.8 Å². The van der Waals surface area contributed by atoms with Gasteiger partial charge in [-0.2, -0.15) is 4.98 Å². The molecule has 0 atom stereocenters. The first kappa shape index (κ1) is 20.4. The third-order valence-electron chi connectivity index (χ3n) is 3.12. The van der Waals surface area contributed by atoms with E-state index >= 15 is 0 Å². The smallest absolute Gasteiger partial charge is 0.228 e. The molecule has 1 heterocycles. The minimum Gasteiger partial charge on any atom is -0.382 e. The average molecular weight is 341 g/mol. The van der Waals surface area contributed by atoms with Gasteiger partial charge in [-0.3, -0.25) is 4.99 Å². The van der Waals surface area contributed by atoms with Crippen LogP contribution in [0.15, 0.2) is 9.52 Å². The summed E-state index contributed by atoms with van der Waals surface area (Å²) < 4.78 is 15.6. The molecule has 0 aliphatic rings. The Balaban J connectivity index is 2.24. The minimum absolute atomic E-state index is 0.278. The first-order valence-corrected chi connectivity index (χ1v) is 8.58. The third-order valence-corrected chi connectivity index (χ3v) is 3.12. The Hall–Kier alpha value is -1.67. The van der Waals surface area contributed by atoms with Gasteiger partial charge in [0.25, 0.3) is 0 Å². The predicted molar refractivity (Wildman–Crippen MR) is 93.4 cm³/mol. The van der Waals surface area contributed by atoms with Gasteiger partial charge in [0.15, 0.2) is 11.8 Å². The number of methoxy groups -OCH3 is 1. The predicted octanol–water partition coefficient (Wildman–Crippen LogP) is 1.34. The van der Waals surface area contributed by atoms with Crippen LogP contribution in [0.5, 0.6) is 0 Å². The monoisotopic (exact) mass is 341 g/mol. The van der Waals surface area contributed by atoms with Gasteiger partial charge in [-0.1, -0.05) is 19.0 Å². The van der Waals surface area contributed by atoms with Crippen LogP contribution >= 0.6 is 0 Å². The fourth-order valence-corrected chi connectivity index (χ4v) is 1.84. The fourth-order valence-electron chi connectivity index (χ4n) is 1.84. The van der Waals surface area contributed by atoms with Crippen molar-refractivity contribution < 1.29 is 14.0 Å². The van der Waals surface area contributed by atoms with Crippen LogP contribution in [0.4, 0.5) is 0 Å². The molecule has 8 nitrogen and oxygen atoms in total. The van der Waals surface area contributed by atoms with E-state index in [4.69, 9.17) is 14.0 Å². The standard InChI is InChI=1S/C16H31N5O3/c1-5-17-16(18-8-6-10-23-12-11-22-4)19-9-7-14-20-15(13(2)3)21-24-14/h13H,5-12H2,1-4H3,(H2,17,18,19). The van der Waals surface area contributed by atoms with Crippen molar-refractivity contribution in [1.29, 1.82) is 0 Å². The van der Waals surface area contributed by atoms with Gasteiger partial charge in [0, 0.05) is 45.7 Å². The minimum atomic E-state index is 0.278. The molecule has 0 fully saturated rings. The summed E-state index contributed by atoms with van der Waals surface area (Å²) in [5, 5.41) is 10.4. The van der Waals surface area contributed by atoms with Gasteiger partial charge in [-0.15, -0.1) is 0 Å². The van der Waals surface area contributed by atoms with E-state index < -0.39 is 0 Å². The number of rotatable bonds is 12. The van der Waals surface area contributed by atoms with Crippen LogP contribution in [0.25, 0.3) is 0 Å². The van der Waals surface area contributed by atoms with Crippen molar-refractivity contribution >= 4 is 5.96 Å². The number of aromatic nitrogens is 2. The zero-order chi connectivity index (χ0) is 17.6. The van der Waals surface area contributed by atoms with Crippen LogP contribution < -0.4 is 10.6 Å². The normalized spacial score (nSPS) is 12.0. The van der Waals surface area contributed by atoms with Gasteiger partial charge in [0.2, 0.25) is 5.89 Å².